The Kier molecular flexibility index (Phi) is 7.91. The molecule has 0 saturated carbocycles. The van der Waals surface area contributed by atoms with Gasteiger partial charge in [0.15, 0.2) is 11.5 Å². The van der Waals surface area contributed by atoms with E-state index in [2.05, 4.69) is 17.5 Å². The van der Waals surface area contributed by atoms with Crippen LogP contribution in [-0.4, -0.2) is 65.4 Å². The molecule has 0 radical (unpaired) electrons. The van der Waals surface area contributed by atoms with Crippen LogP contribution in [0.4, 0.5) is 4.79 Å². The summed E-state index contributed by atoms with van der Waals surface area (Å²) < 4.78 is 11.6. The fourth-order valence-electron chi connectivity index (χ4n) is 5.26. The van der Waals surface area contributed by atoms with Crippen LogP contribution in [0.2, 0.25) is 0 Å². The highest BCUT2D eigenvalue weighted by Crippen LogP contribution is 2.38. The lowest BCUT2D eigenvalue weighted by atomic mass is 9.76. The lowest BCUT2D eigenvalue weighted by Gasteiger charge is -2.42. The molecule has 196 valence electrons. The standard InChI is InChI=1S/C28H40N4O4/c1-6-35-23-13-12-19(18-24(23)36-7-2)25-21-10-8-9-11-22(21)26(33)32(30-25)20-14-16-31(17-15-20)27(34)29-28(3,4)5/h8-9,12-13,18,20-22H,6-7,10-11,14-17H2,1-5H3,(H,29,34). The fourth-order valence-corrected chi connectivity index (χ4v) is 5.26. The van der Waals surface area contributed by atoms with E-state index in [1.165, 1.54) is 0 Å². The average Bonchev–Trinajstić information content (AvgIpc) is 2.85. The number of allylic oxidation sites excluding steroid dienone is 2. The normalized spacial score (nSPS) is 22.7. The molecular weight excluding hydrogens is 456 g/mol. The highest BCUT2D eigenvalue weighted by atomic mass is 16.5. The third kappa shape index (κ3) is 5.68. The van der Waals surface area contributed by atoms with E-state index in [4.69, 9.17) is 14.6 Å². The van der Waals surface area contributed by atoms with Gasteiger partial charge >= 0.3 is 6.03 Å². The Bertz CT molecular complexity index is 1020. The second kappa shape index (κ2) is 10.9. The minimum absolute atomic E-state index is 0.0212. The van der Waals surface area contributed by atoms with E-state index in [1.54, 1.807) is 5.01 Å². The molecule has 1 saturated heterocycles. The Labute approximate surface area is 214 Å². The Morgan fingerprint density at radius 2 is 1.67 bits per heavy atom. The van der Waals surface area contributed by atoms with Crippen molar-refractivity contribution in [3.05, 3.63) is 35.9 Å². The second-order valence-electron chi connectivity index (χ2n) is 10.7. The topological polar surface area (TPSA) is 83.5 Å². The molecule has 0 spiro atoms. The van der Waals surface area contributed by atoms with Gasteiger partial charge < -0.3 is 19.7 Å². The van der Waals surface area contributed by atoms with Gasteiger partial charge in [0, 0.05) is 30.1 Å². The Morgan fingerprint density at radius 3 is 2.31 bits per heavy atom. The molecule has 2 heterocycles. The third-order valence-corrected chi connectivity index (χ3v) is 6.96. The number of hydrazone groups is 1. The molecule has 2 atom stereocenters. The molecule has 1 N–H and O–H groups in total. The maximum Gasteiger partial charge on any atom is 0.317 e. The molecule has 4 rings (SSSR count). The number of nitrogens with one attached hydrogen (secondary N) is 1. The van der Waals surface area contributed by atoms with Crippen LogP contribution >= 0.6 is 0 Å². The first-order chi connectivity index (χ1) is 17.2. The van der Waals surface area contributed by atoms with Crippen LogP contribution in [0.3, 0.4) is 0 Å². The quantitative estimate of drug-likeness (QED) is 0.584. The molecule has 1 aliphatic carbocycles. The van der Waals surface area contributed by atoms with Gasteiger partial charge in [0.2, 0.25) is 5.91 Å². The molecule has 1 aromatic carbocycles. The van der Waals surface area contributed by atoms with Crippen LogP contribution in [0.5, 0.6) is 11.5 Å². The van der Waals surface area contributed by atoms with Crippen LogP contribution in [-0.2, 0) is 4.79 Å². The average molecular weight is 497 g/mol. The molecule has 1 fully saturated rings. The van der Waals surface area contributed by atoms with Crippen molar-refractivity contribution in [1.82, 2.24) is 15.2 Å². The van der Waals surface area contributed by atoms with Gasteiger partial charge in [-0.3, -0.25) is 4.79 Å². The first-order valence-electron chi connectivity index (χ1n) is 13.3. The Hall–Kier alpha value is -3.03. The number of carbonyl (C=O) groups excluding carboxylic acids is 2. The van der Waals surface area contributed by atoms with Gasteiger partial charge in [-0.1, -0.05) is 12.2 Å². The van der Waals surface area contributed by atoms with Crippen molar-refractivity contribution in [3.63, 3.8) is 0 Å². The van der Waals surface area contributed by atoms with Crippen LogP contribution < -0.4 is 14.8 Å². The van der Waals surface area contributed by atoms with Gasteiger partial charge in [-0.2, -0.15) is 5.10 Å². The number of hydrogen-bond donors (Lipinski definition) is 1. The fraction of sp³-hybridized carbons (Fsp3) is 0.607. The van der Waals surface area contributed by atoms with Gasteiger partial charge in [0.1, 0.15) is 0 Å². The second-order valence-corrected chi connectivity index (χ2v) is 10.7. The summed E-state index contributed by atoms with van der Waals surface area (Å²) in [4.78, 5) is 28.1. The maximum absolute atomic E-state index is 13.6. The van der Waals surface area contributed by atoms with E-state index in [-0.39, 0.29) is 35.4 Å². The summed E-state index contributed by atoms with van der Waals surface area (Å²) in [5.74, 6) is 1.44. The highest BCUT2D eigenvalue weighted by molar-refractivity contribution is 6.07. The minimum Gasteiger partial charge on any atom is -0.490 e. The molecule has 3 aliphatic rings. The smallest absolute Gasteiger partial charge is 0.317 e. The molecule has 3 amide bonds. The van der Waals surface area contributed by atoms with E-state index < -0.39 is 0 Å². The third-order valence-electron chi connectivity index (χ3n) is 6.96. The van der Waals surface area contributed by atoms with E-state index in [9.17, 15) is 9.59 Å². The zero-order chi connectivity index (χ0) is 25.9. The summed E-state index contributed by atoms with van der Waals surface area (Å²) >= 11 is 0. The summed E-state index contributed by atoms with van der Waals surface area (Å²) in [5.41, 5.74) is 1.62. The highest BCUT2D eigenvalue weighted by Gasteiger charge is 2.43. The lowest BCUT2D eigenvalue weighted by Crippen LogP contribution is -2.55. The van der Waals surface area contributed by atoms with Gasteiger partial charge in [-0.05, 0) is 78.5 Å². The molecule has 8 heteroatoms. The number of amides is 3. The summed E-state index contributed by atoms with van der Waals surface area (Å²) in [7, 11) is 0. The van der Waals surface area contributed by atoms with Crippen molar-refractivity contribution in [2.75, 3.05) is 26.3 Å². The van der Waals surface area contributed by atoms with Crippen molar-refractivity contribution in [3.8, 4) is 11.5 Å². The van der Waals surface area contributed by atoms with Crippen LogP contribution in [0.15, 0.2) is 35.5 Å². The SMILES string of the molecule is CCOc1ccc(C2=NN(C3CCN(C(=O)NC(C)(C)C)CC3)C(=O)C3CC=CCC23)cc1OCC. The Morgan fingerprint density at radius 1 is 1.03 bits per heavy atom. The van der Waals surface area contributed by atoms with E-state index >= 15 is 0 Å². The predicted molar refractivity (Wildman–Crippen MR) is 140 cm³/mol. The molecule has 0 bridgehead atoms. The number of carbonyl (C=O) groups is 2. The monoisotopic (exact) mass is 496 g/mol. The molecule has 8 nitrogen and oxygen atoms in total. The van der Waals surface area contributed by atoms with E-state index in [0.717, 1.165) is 24.1 Å². The van der Waals surface area contributed by atoms with Gasteiger partial charge in [0.25, 0.3) is 0 Å². The van der Waals surface area contributed by atoms with Crippen molar-refractivity contribution < 1.29 is 19.1 Å². The molecule has 1 aromatic rings. The van der Waals surface area contributed by atoms with Crippen molar-refractivity contribution in [2.24, 2.45) is 16.9 Å². The first kappa shape index (κ1) is 26.0. The van der Waals surface area contributed by atoms with E-state index in [1.807, 2.05) is 57.7 Å². The number of fused-ring (bicyclic) bond motifs is 1. The van der Waals surface area contributed by atoms with Gasteiger partial charge in [0.05, 0.1) is 30.9 Å². The summed E-state index contributed by atoms with van der Waals surface area (Å²) in [6.07, 6.45) is 7.21. The maximum atomic E-state index is 13.6. The van der Waals surface area contributed by atoms with Gasteiger partial charge in [-0.15, -0.1) is 0 Å². The number of benzene rings is 1. The molecule has 2 unspecified atom stereocenters. The zero-order valence-corrected chi connectivity index (χ0v) is 22.3. The molecule has 2 aliphatic heterocycles. The number of nitrogens with zero attached hydrogens (tertiary/aromatic N) is 3. The molecule has 36 heavy (non-hydrogen) atoms. The minimum atomic E-state index is -0.280. The molecular formula is C28H40N4O4. The van der Waals surface area contributed by atoms with Crippen LogP contribution in [0.1, 0.15) is 65.9 Å². The van der Waals surface area contributed by atoms with Crippen molar-refractivity contribution >= 4 is 17.6 Å². The number of likely N-dealkylation sites (tertiary alicyclic amines) is 1. The number of ether oxygens (including phenoxy) is 2. The van der Waals surface area contributed by atoms with Crippen molar-refractivity contribution in [1.29, 1.82) is 0 Å². The number of rotatable bonds is 6. The largest absolute Gasteiger partial charge is 0.490 e. The molecule has 0 aromatic heterocycles. The van der Waals surface area contributed by atoms with Crippen LogP contribution in [0.25, 0.3) is 0 Å². The Balaban J connectivity index is 1.59. The summed E-state index contributed by atoms with van der Waals surface area (Å²) in [6, 6.07) is 5.88. The summed E-state index contributed by atoms with van der Waals surface area (Å²) in [6.45, 7) is 12.2. The number of urea groups is 1. The first-order valence-corrected chi connectivity index (χ1v) is 13.3. The van der Waals surface area contributed by atoms with E-state index in [0.29, 0.717) is 50.6 Å². The van der Waals surface area contributed by atoms with Crippen molar-refractivity contribution in [2.45, 2.75) is 71.9 Å². The lowest BCUT2D eigenvalue weighted by molar-refractivity contribution is -0.141. The number of piperidine rings is 1. The number of hydrogen-bond acceptors (Lipinski definition) is 5. The summed E-state index contributed by atoms with van der Waals surface area (Å²) in [5, 5.41) is 9.76. The zero-order valence-electron chi connectivity index (χ0n) is 22.3. The predicted octanol–water partition coefficient (Wildman–Crippen LogP) is 4.59. The van der Waals surface area contributed by atoms with Crippen LogP contribution in [0, 0.1) is 11.8 Å². The van der Waals surface area contributed by atoms with Gasteiger partial charge in [-0.25, -0.2) is 9.80 Å².